The van der Waals surface area contributed by atoms with Crippen LogP contribution in [0.1, 0.15) is 57.9 Å². The Balaban J connectivity index is 2.93. The average Bonchev–Trinajstić information content (AvgIpc) is 2.43. The first-order valence-corrected chi connectivity index (χ1v) is 7.62. The van der Waals surface area contributed by atoms with E-state index < -0.39 is 12.8 Å². The molecule has 1 rings (SSSR count). The van der Waals surface area contributed by atoms with Crippen LogP contribution in [0.2, 0.25) is 0 Å². The molecule has 0 spiro atoms. The Bertz CT molecular complexity index is 657. The van der Waals surface area contributed by atoms with Crippen LogP contribution in [-0.2, 0) is 4.79 Å². The first-order valence-electron chi connectivity index (χ1n) is 9.12. The second-order valence-corrected chi connectivity index (χ2v) is 6.47. The summed E-state index contributed by atoms with van der Waals surface area (Å²) in [5.41, 5.74) is 3.74. The fraction of sp³-hybridized carbons (Fsp3) is 0.450. The van der Waals surface area contributed by atoms with Crippen molar-refractivity contribution < 1.29 is 14.0 Å². The lowest BCUT2D eigenvalue weighted by Crippen LogP contribution is -2.19. The highest BCUT2D eigenvalue weighted by Crippen LogP contribution is 2.40. The first-order chi connectivity index (χ1) is 11.4. The minimum Gasteiger partial charge on any atom is -0.478 e. The SMILES string of the molecule is [2H]C([2H])([2H])C(C=CC=C(C)C=CC1=C(C)CCCC1(C)C)=CC(=O)O. The molecule has 0 atom stereocenters. The van der Waals surface area contributed by atoms with E-state index in [1.54, 1.807) is 12.2 Å². The Hall–Kier alpha value is -1.83. The van der Waals surface area contributed by atoms with Crippen molar-refractivity contribution in [2.24, 2.45) is 5.41 Å². The predicted octanol–water partition coefficient (Wildman–Crippen LogP) is 5.60. The normalized spacial score (nSPS) is 22.8. The molecule has 0 aromatic heterocycles. The molecule has 1 aliphatic rings. The lowest BCUT2D eigenvalue weighted by atomic mass is 9.72. The van der Waals surface area contributed by atoms with E-state index in [1.807, 2.05) is 13.0 Å². The van der Waals surface area contributed by atoms with Gasteiger partial charge in [-0.05, 0) is 56.5 Å². The number of hydrogen-bond acceptors (Lipinski definition) is 1. The van der Waals surface area contributed by atoms with Crippen LogP contribution in [0.15, 0.2) is 58.7 Å². The van der Waals surface area contributed by atoms with Crippen molar-refractivity contribution in [1.82, 2.24) is 0 Å². The van der Waals surface area contributed by atoms with Crippen LogP contribution in [-0.4, -0.2) is 11.1 Å². The molecule has 0 saturated heterocycles. The fourth-order valence-corrected chi connectivity index (χ4v) is 2.77. The van der Waals surface area contributed by atoms with Crippen molar-refractivity contribution in [2.45, 2.75) is 53.8 Å². The van der Waals surface area contributed by atoms with Crippen LogP contribution in [0.25, 0.3) is 0 Å². The van der Waals surface area contributed by atoms with Gasteiger partial charge in [0.15, 0.2) is 0 Å². The van der Waals surface area contributed by atoms with Crippen LogP contribution in [0.4, 0.5) is 0 Å². The summed E-state index contributed by atoms with van der Waals surface area (Å²) in [7, 11) is 0. The van der Waals surface area contributed by atoms with Gasteiger partial charge in [-0.1, -0.05) is 55.4 Å². The van der Waals surface area contributed by atoms with Gasteiger partial charge >= 0.3 is 5.97 Å². The third-order valence-electron chi connectivity index (χ3n) is 3.97. The van der Waals surface area contributed by atoms with Crippen LogP contribution in [0, 0.1) is 5.41 Å². The second kappa shape index (κ2) is 7.98. The van der Waals surface area contributed by atoms with Gasteiger partial charge in [-0.3, -0.25) is 0 Å². The van der Waals surface area contributed by atoms with Crippen molar-refractivity contribution in [3.63, 3.8) is 0 Å². The Morgan fingerprint density at radius 1 is 1.32 bits per heavy atom. The summed E-state index contributed by atoms with van der Waals surface area (Å²) in [6.07, 6.45) is 13.1. The van der Waals surface area contributed by atoms with E-state index in [9.17, 15) is 4.79 Å². The summed E-state index contributed by atoms with van der Waals surface area (Å²) in [6.45, 7) is 6.18. The molecule has 0 bridgehead atoms. The van der Waals surface area contributed by atoms with Crippen LogP contribution in [0.5, 0.6) is 0 Å². The lowest BCUT2D eigenvalue weighted by molar-refractivity contribution is -0.131. The molecular formula is C20H28O2. The molecule has 0 fully saturated rings. The van der Waals surface area contributed by atoms with Gasteiger partial charge in [-0.25, -0.2) is 4.79 Å². The van der Waals surface area contributed by atoms with E-state index in [4.69, 9.17) is 9.22 Å². The molecule has 0 radical (unpaired) electrons. The van der Waals surface area contributed by atoms with Gasteiger partial charge in [0.25, 0.3) is 0 Å². The molecule has 120 valence electrons. The maximum atomic E-state index is 10.7. The van der Waals surface area contributed by atoms with Gasteiger partial charge < -0.3 is 5.11 Å². The number of hydrogen-bond donors (Lipinski definition) is 1. The maximum Gasteiger partial charge on any atom is 0.328 e. The summed E-state index contributed by atoms with van der Waals surface area (Å²) >= 11 is 0. The van der Waals surface area contributed by atoms with E-state index in [2.05, 4.69) is 26.8 Å². The zero-order valence-corrected chi connectivity index (χ0v) is 13.9. The number of carbonyl (C=O) groups is 1. The van der Waals surface area contributed by atoms with Crippen molar-refractivity contribution in [2.75, 3.05) is 0 Å². The van der Waals surface area contributed by atoms with Crippen molar-refractivity contribution in [3.8, 4) is 0 Å². The van der Waals surface area contributed by atoms with Gasteiger partial charge in [0.2, 0.25) is 0 Å². The van der Waals surface area contributed by atoms with E-state index in [1.165, 1.54) is 30.1 Å². The molecule has 1 N–H and O–H groups in total. The van der Waals surface area contributed by atoms with Gasteiger partial charge in [-0.2, -0.15) is 0 Å². The number of carboxylic acid groups (broad SMARTS) is 1. The number of allylic oxidation sites excluding steroid dienone is 9. The Kier molecular flexibility index (Phi) is 5.01. The summed E-state index contributed by atoms with van der Waals surface area (Å²) in [4.78, 5) is 10.7. The third kappa shape index (κ3) is 5.88. The highest BCUT2D eigenvalue weighted by Gasteiger charge is 2.26. The molecule has 1 aliphatic carbocycles. The zero-order valence-electron chi connectivity index (χ0n) is 16.9. The lowest BCUT2D eigenvalue weighted by Gasteiger charge is -2.32. The van der Waals surface area contributed by atoms with Gasteiger partial charge in [0, 0.05) is 10.2 Å². The fourth-order valence-electron chi connectivity index (χ4n) is 2.77. The molecule has 0 aromatic carbocycles. The molecule has 0 aromatic rings. The van der Waals surface area contributed by atoms with Gasteiger partial charge in [0.1, 0.15) is 0 Å². The minimum absolute atomic E-state index is 0.174. The number of carboxylic acids is 1. The molecule has 2 heteroatoms. The zero-order chi connectivity index (χ0) is 19.3. The average molecular weight is 303 g/mol. The second-order valence-electron chi connectivity index (χ2n) is 6.47. The molecular weight excluding hydrogens is 272 g/mol. The largest absolute Gasteiger partial charge is 0.478 e. The van der Waals surface area contributed by atoms with E-state index in [-0.39, 0.29) is 11.0 Å². The molecule has 22 heavy (non-hydrogen) atoms. The quantitative estimate of drug-likeness (QED) is 0.530. The summed E-state index contributed by atoms with van der Waals surface area (Å²) in [5.74, 6) is -1.27. The predicted molar refractivity (Wildman–Crippen MR) is 93.8 cm³/mol. The molecule has 0 amide bonds. The molecule has 2 nitrogen and oxygen atoms in total. The molecule has 0 saturated carbocycles. The van der Waals surface area contributed by atoms with Gasteiger partial charge in [0.05, 0.1) is 0 Å². The number of aliphatic carboxylic acids is 1. The summed E-state index contributed by atoms with van der Waals surface area (Å²) in [6, 6.07) is 0. The van der Waals surface area contributed by atoms with Crippen LogP contribution in [0.3, 0.4) is 0 Å². The first kappa shape index (κ1) is 13.8. The monoisotopic (exact) mass is 303 g/mol. The molecule has 0 aliphatic heterocycles. The summed E-state index contributed by atoms with van der Waals surface area (Å²) < 4.78 is 22.1. The highest BCUT2D eigenvalue weighted by molar-refractivity contribution is 5.81. The van der Waals surface area contributed by atoms with Crippen molar-refractivity contribution in [1.29, 1.82) is 0 Å². The van der Waals surface area contributed by atoms with Crippen LogP contribution < -0.4 is 0 Å². The van der Waals surface area contributed by atoms with Crippen molar-refractivity contribution in [3.05, 3.63) is 58.7 Å². The molecule has 0 unspecified atom stereocenters. The van der Waals surface area contributed by atoms with E-state index in [0.717, 1.165) is 18.1 Å². The number of rotatable bonds is 5. The third-order valence-corrected chi connectivity index (χ3v) is 3.97. The Morgan fingerprint density at radius 3 is 2.64 bits per heavy atom. The summed E-state index contributed by atoms with van der Waals surface area (Å²) in [5, 5.41) is 8.77. The highest BCUT2D eigenvalue weighted by atomic mass is 16.4. The maximum absolute atomic E-state index is 10.7. The van der Waals surface area contributed by atoms with E-state index in [0.29, 0.717) is 0 Å². The van der Waals surface area contributed by atoms with Crippen LogP contribution >= 0.6 is 0 Å². The van der Waals surface area contributed by atoms with Gasteiger partial charge in [-0.15, -0.1) is 0 Å². The topological polar surface area (TPSA) is 37.3 Å². The standard InChI is InChI=1S/C20H28O2/c1-15(8-6-9-16(2)14-19(21)22)11-12-18-17(3)10-7-13-20(18,4)5/h6,8-9,11-12,14H,7,10,13H2,1-5H3,(H,21,22)/i2D3. The molecule has 0 heterocycles. The Labute approximate surface area is 138 Å². The smallest absolute Gasteiger partial charge is 0.328 e. The minimum atomic E-state index is -2.44. The Morgan fingerprint density at radius 2 is 2.05 bits per heavy atom. The van der Waals surface area contributed by atoms with Crippen molar-refractivity contribution >= 4 is 5.97 Å². The van der Waals surface area contributed by atoms with E-state index >= 15 is 0 Å².